The Morgan fingerprint density at radius 2 is 0.833 bits per heavy atom. The van der Waals surface area contributed by atoms with Crippen molar-refractivity contribution in [2.45, 2.75) is 168 Å². The van der Waals surface area contributed by atoms with E-state index in [1.54, 1.807) is 0 Å². The molecule has 0 atom stereocenters. The van der Waals surface area contributed by atoms with Crippen LogP contribution in [0.3, 0.4) is 0 Å². The first kappa shape index (κ1) is 48.3. The molecule has 4 aliphatic rings. The second kappa shape index (κ2) is 15.8. The fraction of sp³-hybridized carbons (Fsp3) is 0.382. The summed E-state index contributed by atoms with van der Waals surface area (Å²) in [5, 5.41) is 0. The van der Waals surface area contributed by atoms with Crippen LogP contribution < -0.4 is 31.1 Å². The van der Waals surface area contributed by atoms with Crippen molar-refractivity contribution >= 4 is 74.3 Å². The summed E-state index contributed by atoms with van der Waals surface area (Å²) >= 11 is 0. The Kier molecular flexibility index (Phi) is 10.6. The van der Waals surface area contributed by atoms with Crippen LogP contribution in [0.2, 0.25) is 0 Å². The van der Waals surface area contributed by atoms with E-state index in [1.807, 2.05) is 0 Å². The van der Waals surface area contributed by atoms with Gasteiger partial charge in [-0.3, -0.25) is 0 Å². The Hall–Kier alpha value is -6.00. The van der Waals surface area contributed by atoms with E-state index in [0.29, 0.717) is 0 Å². The van der Waals surface area contributed by atoms with Crippen LogP contribution in [0, 0.1) is 0 Å². The Bertz CT molecular complexity index is 3240. The van der Waals surface area contributed by atoms with E-state index in [-0.39, 0.29) is 44.6 Å². The van der Waals surface area contributed by atoms with Crippen molar-refractivity contribution in [1.29, 1.82) is 0 Å². The summed E-state index contributed by atoms with van der Waals surface area (Å²) in [5.74, 6) is 0. The average molecular weight is 948 g/mol. The van der Waals surface area contributed by atoms with Crippen molar-refractivity contribution in [2.75, 3.05) is 14.7 Å². The topological polar surface area (TPSA) is 9.72 Å². The van der Waals surface area contributed by atoms with Gasteiger partial charge in [-0.2, -0.15) is 0 Å². The molecule has 72 heavy (non-hydrogen) atoms. The third-order valence-corrected chi connectivity index (χ3v) is 17.2. The van der Waals surface area contributed by atoms with Gasteiger partial charge in [-0.15, -0.1) is 0 Å². The predicted molar refractivity (Wildman–Crippen MR) is 313 cm³/mol. The van der Waals surface area contributed by atoms with Gasteiger partial charge in [0, 0.05) is 45.5 Å². The number of anilines is 9. The molecule has 2 aliphatic carbocycles. The number of fused-ring (bicyclic) bond motifs is 6. The zero-order valence-electron chi connectivity index (χ0n) is 46.6. The summed E-state index contributed by atoms with van der Waals surface area (Å²) in [5.41, 5.74) is 24.8. The van der Waals surface area contributed by atoms with Crippen LogP contribution in [0.5, 0.6) is 0 Å². The molecule has 368 valence electrons. The molecule has 0 unspecified atom stereocenters. The van der Waals surface area contributed by atoms with Crippen molar-refractivity contribution in [3.05, 3.63) is 178 Å². The first-order valence-corrected chi connectivity index (χ1v) is 26.9. The zero-order chi connectivity index (χ0) is 51.5. The predicted octanol–water partition coefficient (Wildman–Crippen LogP) is 17.0. The van der Waals surface area contributed by atoms with Gasteiger partial charge in [0.1, 0.15) is 0 Å². The summed E-state index contributed by atoms with van der Waals surface area (Å²) < 4.78 is 0. The minimum atomic E-state index is -0.0737. The van der Waals surface area contributed by atoms with Gasteiger partial charge in [-0.05, 0) is 179 Å². The van der Waals surface area contributed by atoms with Crippen LogP contribution >= 0.6 is 0 Å². The Balaban J connectivity index is 1.33. The highest BCUT2D eigenvalue weighted by Crippen LogP contribution is 2.56. The molecule has 7 aromatic rings. The fourth-order valence-electron chi connectivity index (χ4n) is 13.9. The molecule has 11 rings (SSSR count). The summed E-state index contributed by atoms with van der Waals surface area (Å²) in [6, 6.07) is 54.9. The van der Waals surface area contributed by atoms with Gasteiger partial charge in [0.2, 0.25) is 0 Å². The molecular weight excluding hydrogens is 870 g/mol. The second-order valence-electron chi connectivity index (χ2n) is 27.9. The van der Waals surface area contributed by atoms with Gasteiger partial charge < -0.3 is 14.7 Å². The van der Waals surface area contributed by atoms with Crippen molar-refractivity contribution in [3.63, 3.8) is 0 Å². The number of nitrogens with zero attached hydrogens (tertiary/aromatic N) is 3. The lowest BCUT2D eigenvalue weighted by atomic mass is 9.33. The van der Waals surface area contributed by atoms with Crippen LogP contribution in [0.15, 0.2) is 140 Å². The monoisotopic (exact) mass is 948 g/mol. The van der Waals surface area contributed by atoms with E-state index in [1.165, 1.54) is 89.5 Å². The van der Waals surface area contributed by atoms with Crippen molar-refractivity contribution in [1.82, 2.24) is 0 Å². The van der Waals surface area contributed by atoms with E-state index in [4.69, 9.17) is 0 Å². The van der Waals surface area contributed by atoms with Gasteiger partial charge in [0.25, 0.3) is 6.71 Å². The maximum absolute atomic E-state index is 2.70. The number of para-hydroxylation sites is 2. The molecule has 3 nitrogen and oxygen atoms in total. The Morgan fingerprint density at radius 3 is 1.35 bits per heavy atom. The number of hydrogen-bond acceptors (Lipinski definition) is 3. The quantitative estimate of drug-likeness (QED) is 0.159. The lowest BCUT2D eigenvalue weighted by Crippen LogP contribution is -2.61. The van der Waals surface area contributed by atoms with E-state index >= 15 is 0 Å². The lowest BCUT2D eigenvalue weighted by Gasteiger charge is -2.46. The highest BCUT2D eigenvalue weighted by molar-refractivity contribution is 7.00. The van der Waals surface area contributed by atoms with E-state index < -0.39 is 0 Å². The summed E-state index contributed by atoms with van der Waals surface area (Å²) in [4.78, 5) is 7.86. The van der Waals surface area contributed by atoms with E-state index in [0.717, 1.165) is 29.9 Å². The SMILES string of the molecule is CC(C)(C)c1cc(N2c3cc(C(C)(C)C)ccc3B3c4cc5c(cc4N(c4ccc6c(c4)C(C)(C)CC6(C)C)c4cc(N(c6ccccc6)c6ccccc6)cc2c43)C(C)(C)CC5(C)C)cc(C(C)(C)C)c1. The molecule has 0 radical (unpaired) electrons. The Labute approximate surface area is 433 Å². The van der Waals surface area contributed by atoms with E-state index in [9.17, 15) is 0 Å². The van der Waals surface area contributed by atoms with Crippen molar-refractivity contribution in [3.8, 4) is 0 Å². The fourth-order valence-corrected chi connectivity index (χ4v) is 13.9. The van der Waals surface area contributed by atoms with E-state index in [2.05, 4.69) is 272 Å². The molecule has 0 fully saturated rings. The van der Waals surface area contributed by atoms with Gasteiger partial charge in [-0.1, -0.05) is 184 Å². The van der Waals surface area contributed by atoms with Crippen LogP contribution in [0.25, 0.3) is 0 Å². The highest BCUT2D eigenvalue weighted by Gasteiger charge is 2.49. The molecule has 0 aromatic heterocycles. The normalized spacial score (nSPS) is 17.8. The van der Waals surface area contributed by atoms with Gasteiger partial charge >= 0.3 is 0 Å². The van der Waals surface area contributed by atoms with Crippen LogP contribution in [0.1, 0.15) is 169 Å². The number of rotatable bonds is 5. The van der Waals surface area contributed by atoms with Crippen LogP contribution in [-0.2, 0) is 37.9 Å². The van der Waals surface area contributed by atoms with Crippen LogP contribution in [0.4, 0.5) is 51.2 Å². The second-order valence-corrected chi connectivity index (χ2v) is 27.9. The minimum absolute atomic E-state index is 0.0138. The summed E-state index contributed by atoms with van der Waals surface area (Å²) in [7, 11) is 0. The standard InChI is InChI=1S/C68H78BN3/c1-62(2,3)43-28-31-55-57(35-43)72(49-33-44(63(4,5)6)32-45(34-49)64(7,8)9)60-38-50(70(46-24-20-18-21-25-46)47-26-22-19-23-27-47)37-59-61(60)69(55)56-39-53-54(68(16,17)42-67(53,14)15)40-58(56)71(59)48-29-30-51-52(36-48)66(12,13)41-65(51,10)11/h18-40H,41-42H2,1-17H3. The molecule has 7 aromatic carbocycles. The highest BCUT2D eigenvalue weighted by atomic mass is 15.2. The molecule has 4 heteroatoms. The minimum Gasteiger partial charge on any atom is -0.311 e. The number of hydrogen-bond donors (Lipinski definition) is 0. The molecule has 2 heterocycles. The molecule has 2 aliphatic heterocycles. The zero-order valence-corrected chi connectivity index (χ0v) is 46.6. The van der Waals surface area contributed by atoms with Crippen molar-refractivity contribution in [2.24, 2.45) is 0 Å². The molecule has 0 amide bonds. The molecule has 0 saturated heterocycles. The van der Waals surface area contributed by atoms with Crippen LogP contribution in [-0.4, -0.2) is 6.71 Å². The average Bonchev–Trinajstić information content (AvgIpc) is 3.61. The van der Waals surface area contributed by atoms with Gasteiger partial charge in [-0.25, -0.2) is 0 Å². The molecular formula is C68H78BN3. The molecule has 0 spiro atoms. The summed E-state index contributed by atoms with van der Waals surface area (Å²) in [6.45, 7) is 41.0. The Morgan fingerprint density at radius 1 is 0.375 bits per heavy atom. The van der Waals surface area contributed by atoms with Gasteiger partial charge in [0.05, 0.1) is 5.69 Å². The maximum atomic E-state index is 2.70. The first-order chi connectivity index (χ1) is 33.5. The lowest BCUT2D eigenvalue weighted by molar-refractivity contribution is 0.403. The summed E-state index contributed by atoms with van der Waals surface area (Å²) in [6.07, 6.45) is 2.23. The van der Waals surface area contributed by atoms with Gasteiger partial charge in [0.15, 0.2) is 0 Å². The molecule has 0 bridgehead atoms. The smallest absolute Gasteiger partial charge is 0.252 e. The van der Waals surface area contributed by atoms with Crippen molar-refractivity contribution < 1.29 is 0 Å². The third kappa shape index (κ3) is 7.67. The molecule has 0 N–H and O–H groups in total. The molecule has 0 saturated carbocycles. The third-order valence-electron chi connectivity index (χ3n) is 17.2. The largest absolute Gasteiger partial charge is 0.311 e. The first-order valence-electron chi connectivity index (χ1n) is 26.9. The maximum Gasteiger partial charge on any atom is 0.252 e. The number of benzene rings is 7.